The molecule has 1 aromatic rings. The summed E-state index contributed by atoms with van der Waals surface area (Å²) in [5.74, 6) is 3.43. The van der Waals surface area contributed by atoms with Crippen molar-refractivity contribution in [3.8, 4) is 0 Å². The minimum Gasteiger partial charge on any atom is -0.313 e. The van der Waals surface area contributed by atoms with Crippen molar-refractivity contribution in [1.29, 1.82) is 0 Å². The zero-order valence-corrected chi connectivity index (χ0v) is 13.9. The van der Waals surface area contributed by atoms with Gasteiger partial charge in [0.2, 0.25) is 0 Å². The van der Waals surface area contributed by atoms with Crippen LogP contribution in [0, 0.1) is 17.8 Å². The van der Waals surface area contributed by atoms with Crippen LogP contribution in [0.3, 0.4) is 0 Å². The zero-order valence-electron chi connectivity index (χ0n) is 13.9. The van der Waals surface area contributed by atoms with Crippen LogP contribution < -0.4 is 5.32 Å². The highest BCUT2D eigenvalue weighted by Crippen LogP contribution is 2.44. The molecular weight excluding hydrogens is 254 g/mol. The van der Waals surface area contributed by atoms with Crippen molar-refractivity contribution in [3.63, 3.8) is 0 Å². The Morgan fingerprint density at radius 1 is 1.10 bits per heavy atom. The Labute approximate surface area is 130 Å². The molecule has 3 rings (SSSR count). The molecule has 0 bridgehead atoms. The molecule has 1 heteroatoms. The van der Waals surface area contributed by atoms with E-state index in [1.807, 2.05) is 0 Å². The van der Waals surface area contributed by atoms with E-state index in [1.54, 1.807) is 11.1 Å². The molecule has 1 N–H and O–H groups in total. The maximum atomic E-state index is 3.92. The van der Waals surface area contributed by atoms with Crippen molar-refractivity contribution in [2.45, 2.75) is 64.8 Å². The van der Waals surface area contributed by atoms with Crippen molar-refractivity contribution in [1.82, 2.24) is 5.32 Å². The maximum absolute atomic E-state index is 3.92. The molecule has 2 aliphatic carbocycles. The van der Waals surface area contributed by atoms with Crippen molar-refractivity contribution >= 4 is 0 Å². The van der Waals surface area contributed by atoms with E-state index in [0.717, 1.165) is 23.7 Å². The van der Waals surface area contributed by atoms with Crippen molar-refractivity contribution in [2.75, 3.05) is 6.54 Å². The van der Waals surface area contributed by atoms with Crippen LogP contribution in [-0.2, 0) is 6.42 Å². The summed E-state index contributed by atoms with van der Waals surface area (Å²) in [5.41, 5.74) is 3.21. The van der Waals surface area contributed by atoms with Crippen LogP contribution in [-0.4, -0.2) is 12.6 Å². The Morgan fingerprint density at radius 2 is 1.81 bits per heavy atom. The monoisotopic (exact) mass is 285 g/mol. The highest BCUT2D eigenvalue weighted by molar-refractivity contribution is 5.41. The van der Waals surface area contributed by atoms with Crippen LogP contribution in [0.25, 0.3) is 0 Å². The third kappa shape index (κ3) is 3.18. The second-order valence-electron chi connectivity index (χ2n) is 7.67. The van der Waals surface area contributed by atoms with Gasteiger partial charge in [0.15, 0.2) is 0 Å². The van der Waals surface area contributed by atoms with Gasteiger partial charge in [0.05, 0.1) is 0 Å². The van der Waals surface area contributed by atoms with Gasteiger partial charge in [-0.05, 0) is 67.5 Å². The van der Waals surface area contributed by atoms with Gasteiger partial charge < -0.3 is 5.32 Å². The molecule has 2 aliphatic rings. The molecule has 1 nitrogen and oxygen atoms in total. The van der Waals surface area contributed by atoms with Crippen LogP contribution in [0.15, 0.2) is 24.3 Å². The number of rotatable bonds is 5. The Balaban J connectivity index is 1.76. The first-order chi connectivity index (χ1) is 10.2. The number of hydrogen-bond acceptors (Lipinski definition) is 1. The molecule has 0 radical (unpaired) electrons. The lowest BCUT2D eigenvalue weighted by Gasteiger charge is -2.44. The zero-order chi connectivity index (χ0) is 14.8. The van der Waals surface area contributed by atoms with E-state index >= 15 is 0 Å². The predicted octanol–water partition coefficient (Wildman–Crippen LogP) is 4.77. The third-order valence-electron chi connectivity index (χ3n) is 5.68. The van der Waals surface area contributed by atoms with Gasteiger partial charge in [-0.1, -0.05) is 45.0 Å². The van der Waals surface area contributed by atoms with Gasteiger partial charge in [-0.25, -0.2) is 0 Å². The first-order valence-corrected chi connectivity index (χ1v) is 9.00. The fourth-order valence-electron chi connectivity index (χ4n) is 4.87. The van der Waals surface area contributed by atoms with Crippen LogP contribution in [0.4, 0.5) is 0 Å². The SMILES string of the molecule is CCCNC(C1CC(C)CC(C)C1)C1Cc2ccccc21. The normalized spacial score (nSPS) is 33.1. The van der Waals surface area contributed by atoms with Gasteiger partial charge >= 0.3 is 0 Å². The smallest absolute Gasteiger partial charge is 0.0167 e. The molecule has 0 amide bonds. The Morgan fingerprint density at radius 3 is 2.48 bits per heavy atom. The highest BCUT2D eigenvalue weighted by atomic mass is 14.9. The number of hydrogen-bond donors (Lipinski definition) is 1. The number of nitrogens with one attached hydrogen (secondary N) is 1. The van der Waals surface area contributed by atoms with Crippen LogP contribution in [0.1, 0.15) is 63.5 Å². The van der Waals surface area contributed by atoms with E-state index in [2.05, 4.69) is 50.4 Å². The van der Waals surface area contributed by atoms with Gasteiger partial charge in [0.1, 0.15) is 0 Å². The molecule has 0 aliphatic heterocycles. The number of benzene rings is 1. The molecule has 1 saturated carbocycles. The minimum atomic E-state index is 0.699. The molecule has 116 valence electrons. The molecule has 0 heterocycles. The lowest BCUT2D eigenvalue weighted by Crippen LogP contribution is -2.47. The molecule has 4 atom stereocenters. The van der Waals surface area contributed by atoms with E-state index in [1.165, 1.54) is 38.6 Å². The van der Waals surface area contributed by atoms with Crippen molar-refractivity contribution in [3.05, 3.63) is 35.4 Å². The molecule has 1 aromatic carbocycles. The molecule has 21 heavy (non-hydrogen) atoms. The molecule has 1 fully saturated rings. The standard InChI is InChI=1S/C20H31N/c1-4-9-21-20(17-11-14(2)10-15(3)12-17)19-13-16-7-5-6-8-18(16)19/h5-8,14-15,17,19-21H,4,9-13H2,1-3H3. The van der Waals surface area contributed by atoms with E-state index in [0.29, 0.717) is 6.04 Å². The van der Waals surface area contributed by atoms with E-state index in [9.17, 15) is 0 Å². The number of fused-ring (bicyclic) bond motifs is 1. The second kappa shape index (κ2) is 6.52. The quantitative estimate of drug-likeness (QED) is 0.822. The lowest BCUT2D eigenvalue weighted by molar-refractivity contribution is 0.156. The molecule has 0 spiro atoms. The first kappa shape index (κ1) is 15.1. The van der Waals surface area contributed by atoms with Gasteiger partial charge in [-0.15, -0.1) is 0 Å². The predicted molar refractivity (Wildman–Crippen MR) is 90.6 cm³/mol. The summed E-state index contributed by atoms with van der Waals surface area (Å²) in [7, 11) is 0. The summed E-state index contributed by atoms with van der Waals surface area (Å²) in [6.07, 6.45) is 6.80. The summed E-state index contributed by atoms with van der Waals surface area (Å²) >= 11 is 0. The van der Waals surface area contributed by atoms with Gasteiger partial charge in [-0.2, -0.15) is 0 Å². The van der Waals surface area contributed by atoms with Gasteiger partial charge in [0, 0.05) is 12.0 Å². The third-order valence-corrected chi connectivity index (χ3v) is 5.68. The summed E-state index contributed by atoms with van der Waals surface area (Å²) in [5, 5.41) is 3.92. The van der Waals surface area contributed by atoms with Crippen LogP contribution >= 0.6 is 0 Å². The fraction of sp³-hybridized carbons (Fsp3) is 0.700. The summed E-state index contributed by atoms with van der Waals surface area (Å²) in [6.45, 7) is 8.36. The van der Waals surface area contributed by atoms with Gasteiger partial charge in [0.25, 0.3) is 0 Å². The van der Waals surface area contributed by atoms with Crippen LogP contribution in [0.2, 0.25) is 0 Å². The molecule has 4 unspecified atom stereocenters. The summed E-state index contributed by atoms with van der Waals surface area (Å²) < 4.78 is 0. The molecule has 0 aromatic heterocycles. The second-order valence-corrected chi connectivity index (χ2v) is 7.67. The van der Waals surface area contributed by atoms with Crippen LogP contribution in [0.5, 0.6) is 0 Å². The average Bonchev–Trinajstić information content (AvgIpc) is 2.42. The largest absolute Gasteiger partial charge is 0.313 e. The Hall–Kier alpha value is -0.820. The summed E-state index contributed by atoms with van der Waals surface area (Å²) in [6, 6.07) is 9.78. The highest BCUT2D eigenvalue weighted by Gasteiger charge is 2.39. The topological polar surface area (TPSA) is 12.0 Å². The molecule has 0 saturated heterocycles. The van der Waals surface area contributed by atoms with Gasteiger partial charge in [-0.3, -0.25) is 0 Å². The minimum absolute atomic E-state index is 0.699. The van der Waals surface area contributed by atoms with E-state index in [4.69, 9.17) is 0 Å². The van der Waals surface area contributed by atoms with E-state index < -0.39 is 0 Å². The Kier molecular flexibility index (Phi) is 4.69. The van der Waals surface area contributed by atoms with E-state index in [-0.39, 0.29) is 0 Å². The lowest BCUT2D eigenvalue weighted by atomic mass is 9.65. The fourth-order valence-corrected chi connectivity index (χ4v) is 4.87. The maximum Gasteiger partial charge on any atom is 0.0167 e. The Bertz CT molecular complexity index is 457. The van der Waals surface area contributed by atoms with Crippen molar-refractivity contribution < 1.29 is 0 Å². The van der Waals surface area contributed by atoms with Crippen molar-refractivity contribution in [2.24, 2.45) is 17.8 Å². The molecular formula is C20H31N. The summed E-state index contributed by atoms with van der Waals surface area (Å²) in [4.78, 5) is 0. The average molecular weight is 285 g/mol. The first-order valence-electron chi connectivity index (χ1n) is 9.00.